The smallest absolute Gasteiger partial charge is 0.224 e. The number of carbonyl (C=O) groups is 1. The zero-order chi connectivity index (χ0) is 17.2. The summed E-state index contributed by atoms with van der Waals surface area (Å²) in [5, 5.41) is 0.765. The molecule has 2 heterocycles. The number of halogens is 1. The van der Waals surface area contributed by atoms with Gasteiger partial charge in [0.1, 0.15) is 0 Å². The van der Waals surface area contributed by atoms with Crippen molar-refractivity contribution in [3.05, 3.63) is 40.4 Å². The number of hydrogen-bond acceptors (Lipinski definition) is 2. The van der Waals surface area contributed by atoms with E-state index in [-0.39, 0.29) is 6.04 Å². The van der Waals surface area contributed by atoms with E-state index < -0.39 is 0 Å². The lowest BCUT2D eigenvalue weighted by Crippen LogP contribution is -2.41. The van der Waals surface area contributed by atoms with E-state index in [9.17, 15) is 4.79 Å². The first-order chi connectivity index (χ1) is 12.2. The Morgan fingerprint density at radius 2 is 1.72 bits per heavy atom. The fourth-order valence-electron chi connectivity index (χ4n) is 4.65. The molecule has 25 heavy (non-hydrogen) atoms. The number of carbonyl (C=O) groups excluding carboxylic acids is 1. The van der Waals surface area contributed by atoms with Gasteiger partial charge in [0, 0.05) is 30.3 Å². The van der Waals surface area contributed by atoms with E-state index in [0.29, 0.717) is 12.3 Å². The number of nitrogens with zero attached hydrogens (tertiary/aromatic N) is 2. The van der Waals surface area contributed by atoms with E-state index in [2.05, 4.69) is 21.9 Å². The van der Waals surface area contributed by atoms with Gasteiger partial charge >= 0.3 is 0 Å². The van der Waals surface area contributed by atoms with E-state index in [1.807, 2.05) is 12.1 Å². The highest BCUT2D eigenvalue weighted by atomic mass is 35.5. The molecule has 1 saturated heterocycles. The summed E-state index contributed by atoms with van der Waals surface area (Å²) in [5.74, 6) is 0.336. The number of rotatable bonds is 3. The van der Waals surface area contributed by atoms with E-state index >= 15 is 0 Å². The first-order valence-corrected chi connectivity index (χ1v) is 10.1. The minimum Gasteiger partial charge on any atom is -0.360 e. The lowest BCUT2D eigenvalue weighted by Gasteiger charge is -2.32. The maximum absolute atomic E-state index is 12.9. The molecule has 1 amide bonds. The number of benzene rings is 1. The maximum atomic E-state index is 12.9. The van der Waals surface area contributed by atoms with Crippen molar-refractivity contribution in [2.75, 3.05) is 24.5 Å². The first-order valence-electron chi connectivity index (χ1n) is 9.73. The first kappa shape index (κ1) is 17.0. The second-order valence-corrected chi connectivity index (χ2v) is 8.04. The number of amides is 1. The van der Waals surface area contributed by atoms with Crippen LogP contribution in [0.1, 0.15) is 51.4 Å². The van der Waals surface area contributed by atoms with Crippen LogP contribution in [0.5, 0.6) is 0 Å². The SMILES string of the molecule is O=C(CC1C2=C(CCCC2)CN1c1ccc(Cl)cc1)N1CCCCC1. The van der Waals surface area contributed by atoms with Crippen LogP contribution < -0.4 is 4.90 Å². The summed E-state index contributed by atoms with van der Waals surface area (Å²) >= 11 is 6.07. The minimum absolute atomic E-state index is 0.242. The van der Waals surface area contributed by atoms with Gasteiger partial charge in [0.05, 0.1) is 12.5 Å². The van der Waals surface area contributed by atoms with E-state index in [0.717, 1.165) is 43.9 Å². The van der Waals surface area contributed by atoms with Crippen LogP contribution in [0.25, 0.3) is 0 Å². The molecule has 1 atom stereocenters. The summed E-state index contributed by atoms with van der Waals surface area (Å²) in [5.41, 5.74) is 4.32. The Balaban J connectivity index is 1.56. The lowest BCUT2D eigenvalue weighted by atomic mass is 9.89. The summed E-state index contributed by atoms with van der Waals surface area (Å²) in [7, 11) is 0. The quantitative estimate of drug-likeness (QED) is 0.724. The Hall–Kier alpha value is -1.48. The molecule has 0 saturated carbocycles. The van der Waals surface area contributed by atoms with Gasteiger partial charge in [-0.3, -0.25) is 4.79 Å². The van der Waals surface area contributed by atoms with Crippen molar-refractivity contribution < 1.29 is 4.79 Å². The Bertz CT molecular complexity index is 661. The average Bonchev–Trinajstić information content (AvgIpc) is 3.02. The molecular formula is C21H27ClN2O. The Labute approximate surface area is 155 Å². The van der Waals surface area contributed by atoms with Crippen molar-refractivity contribution in [3.8, 4) is 0 Å². The molecule has 0 bridgehead atoms. The number of anilines is 1. The maximum Gasteiger partial charge on any atom is 0.224 e. The zero-order valence-electron chi connectivity index (χ0n) is 14.8. The molecule has 1 unspecified atom stereocenters. The third-order valence-corrected chi connectivity index (χ3v) is 6.26. The molecule has 134 valence electrons. The second-order valence-electron chi connectivity index (χ2n) is 7.60. The van der Waals surface area contributed by atoms with Crippen molar-refractivity contribution in [2.24, 2.45) is 0 Å². The van der Waals surface area contributed by atoms with Gasteiger partial charge in [0.2, 0.25) is 5.91 Å². The molecule has 1 aromatic rings. The van der Waals surface area contributed by atoms with Gasteiger partial charge in [0.15, 0.2) is 0 Å². The third kappa shape index (κ3) is 3.57. The molecule has 1 aromatic carbocycles. The predicted molar refractivity (Wildman–Crippen MR) is 103 cm³/mol. The summed E-state index contributed by atoms with van der Waals surface area (Å²) in [6, 6.07) is 8.35. The second kappa shape index (κ2) is 7.41. The van der Waals surface area contributed by atoms with Gasteiger partial charge in [-0.1, -0.05) is 11.6 Å². The van der Waals surface area contributed by atoms with Crippen LogP contribution >= 0.6 is 11.6 Å². The third-order valence-electron chi connectivity index (χ3n) is 6.00. The van der Waals surface area contributed by atoms with Gasteiger partial charge < -0.3 is 9.80 Å². The molecule has 1 fully saturated rings. The molecule has 0 spiro atoms. The van der Waals surface area contributed by atoms with Crippen LogP contribution in [0.2, 0.25) is 5.02 Å². The number of hydrogen-bond donors (Lipinski definition) is 0. The van der Waals surface area contributed by atoms with Crippen molar-refractivity contribution in [3.63, 3.8) is 0 Å². The minimum atomic E-state index is 0.242. The van der Waals surface area contributed by atoms with Crippen LogP contribution in [0.3, 0.4) is 0 Å². The zero-order valence-corrected chi connectivity index (χ0v) is 15.6. The molecule has 1 aliphatic carbocycles. The molecule has 4 heteroatoms. The van der Waals surface area contributed by atoms with Gasteiger partial charge in [0.25, 0.3) is 0 Å². The van der Waals surface area contributed by atoms with Gasteiger partial charge in [-0.05, 0) is 80.4 Å². The molecule has 0 aromatic heterocycles. The van der Waals surface area contributed by atoms with Crippen molar-refractivity contribution in [1.82, 2.24) is 4.90 Å². The molecule has 2 aliphatic heterocycles. The summed E-state index contributed by atoms with van der Waals surface area (Å²) in [4.78, 5) is 17.4. The van der Waals surface area contributed by atoms with Crippen LogP contribution in [-0.4, -0.2) is 36.5 Å². The van der Waals surface area contributed by atoms with E-state index in [1.54, 1.807) is 11.1 Å². The Kier molecular flexibility index (Phi) is 5.03. The fraction of sp³-hybridized carbons (Fsp3) is 0.571. The Morgan fingerprint density at radius 3 is 2.48 bits per heavy atom. The van der Waals surface area contributed by atoms with Crippen LogP contribution in [0.15, 0.2) is 35.4 Å². The van der Waals surface area contributed by atoms with Crippen molar-refractivity contribution in [1.29, 1.82) is 0 Å². The molecule has 3 aliphatic rings. The average molecular weight is 359 g/mol. The summed E-state index contributed by atoms with van der Waals surface area (Å²) in [6.45, 7) is 2.87. The molecular weight excluding hydrogens is 332 g/mol. The molecule has 3 nitrogen and oxygen atoms in total. The highest BCUT2D eigenvalue weighted by Gasteiger charge is 2.36. The van der Waals surface area contributed by atoms with Crippen LogP contribution in [0, 0.1) is 0 Å². The normalized spacial score (nSPS) is 23.8. The summed E-state index contributed by atoms with van der Waals surface area (Å²) in [6.07, 6.45) is 9.13. The summed E-state index contributed by atoms with van der Waals surface area (Å²) < 4.78 is 0. The topological polar surface area (TPSA) is 23.6 Å². The van der Waals surface area contributed by atoms with Crippen LogP contribution in [-0.2, 0) is 4.79 Å². The van der Waals surface area contributed by atoms with Gasteiger partial charge in [-0.2, -0.15) is 0 Å². The largest absolute Gasteiger partial charge is 0.360 e. The number of likely N-dealkylation sites (tertiary alicyclic amines) is 1. The van der Waals surface area contributed by atoms with E-state index in [1.165, 1.54) is 31.4 Å². The van der Waals surface area contributed by atoms with E-state index in [4.69, 9.17) is 11.6 Å². The molecule has 0 N–H and O–H groups in total. The fourth-order valence-corrected chi connectivity index (χ4v) is 4.78. The highest BCUT2D eigenvalue weighted by molar-refractivity contribution is 6.30. The molecule has 0 radical (unpaired) electrons. The molecule has 4 rings (SSSR count). The standard InChI is InChI=1S/C21H27ClN2O/c22-17-8-10-18(11-9-17)24-15-16-6-2-3-7-19(16)20(24)14-21(25)23-12-4-1-5-13-23/h8-11,20H,1-7,12-15H2. The van der Waals surface area contributed by atoms with Crippen molar-refractivity contribution in [2.45, 2.75) is 57.4 Å². The highest BCUT2D eigenvalue weighted by Crippen LogP contribution is 2.39. The lowest BCUT2D eigenvalue weighted by molar-refractivity contribution is -0.132. The Morgan fingerprint density at radius 1 is 1.00 bits per heavy atom. The van der Waals surface area contributed by atoms with Gasteiger partial charge in [-0.15, -0.1) is 0 Å². The monoisotopic (exact) mass is 358 g/mol. The van der Waals surface area contributed by atoms with Gasteiger partial charge in [-0.25, -0.2) is 0 Å². The van der Waals surface area contributed by atoms with Crippen LogP contribution in [0.4, 0.5) is 5.69 Å². The van der Waals surface area contributed by atoms with Crippen molar-refractivity contribution >= 4 is 23.2 Å². The predicted octanol–water partition coefficient (Wildman–Crippen LogP) is 4.80. The number of piperidine rings is 1.